The molecule has 7 rings (SSSR count). The second kappa shape index (κ2) is 6.20. The van der Waals surface area contributed by atoms with E-state index in [-0.39, 0.29) is 0 Å². The molecule has 0 amide bonds. The van der Waals surface area contributed by atoms with E-state index in [4.69, 9.17) is 0 Å². The molecule has 3 aliphatic rings. The predicted octanol–water partition coefficient (Wildman–Crippen LogP) is 6.58. The van der Waals surface area contributed by atoms with Gasteiger partial charge in [-0.2, -0.15) is 0 Å². The van der Waals surface area contributed by atoms with Crippen LogP contribution in [0.25, 0.3) is 63.1 Å². The van der Waals surface area contributed by atoms with Gasteiger partial charge in [0.05, 0.1) is 0 Å². The van der Waals surface area contributed by atoms with Gasteiger partial charge in [-0.05, 0) is 108 Å². The van der Waals surface area contributed by atoms with Crippen molar-refractivity contribution in [1.29, 1.82) is 0 Å². The molecule has 4 aromatic carbocycles. The molecule has 0 nitrogen and oxygen atoms in total. The Hall–Kier alpha value is -3.64. The summed E-state index contributed by atoms with van der Waals surface area (Å²) in [5.74, 6) is 0. The number of aryl methyl sites for hydroxylation is 2. The fourth-order valence-corrected chi connectivity index (χ4v) is 6.35. The van der Waals surface area contributed by atoms with E-state index >= 15 is 0 Å². The molecule has 0 heteroatoms. The fourth-order valence-electron chi connectivity index (χ4n) is 6.35. The highest BCUT2D eigenvalue weighted by Crippen LogP contribution is 2.43. The molecule has 0 saturated carbocycles. The molecule has 0 fully saturated rings. The highest BCUT2D eigenvalue weighted by atomic mass is 14.3. The molecule has 0 aliphatic heterocycles. The Labute approximate surface area is 188 Å². The van der Waals surface area contributed by atoms with E-state index < -0.39 is 0 Å². The number of benzene rings is 4. The zero-order valence-electron chi connectivity index (χ0n) is 18.4. The maximum atomic E-state index is 4.21. The van der Waals surface area contributed by atoms with Crippen LogP contribution in [0.2, 0.25) is 0 Å². The van der Waals surface area contributed by atoms with E-state index in [1.807, 2.05) is 12.2 Å². The number of allylic oxidation sites excluding steroid dienone is 1. The minimum atomic E-state index is 1.03. The van der Waals surface area contributed by atoms with Gasteiger partial charge in [-0.3, -0.25) is 0 Å². The highest BCUT2D eigenvalue weighted by molar-refractivity contribution is 6.13. The smallest absolute Gasteiger partial charge is 0.00177 e. The van der Waals surface area contributed by atoms with Gasteiger partial charge < -0.3 is 0 Å². The van der Waals surface area contributed by atoms with Crippen LogP contribution in [0.15, 0.2) is 55.1 Å². The van der Waals surface area contributed by atoms with Crippen molar-refractivity contribution < 1.29 is 0 Å². The van der Waals surface area contributed by atoms with Crippen molar-refractivity contribution in [3.05, 3.63) is 98.9 Å². The van der Waals surface area contributed by atoms with E-state index in [9.17, 15) is 0 Å². The molecule has 4 aromatic rings. The van der Waals surface area contributed by atoms with Gasteiger partial charge in [0.15, 0.2) is 0 Å². The van der Waals surface area contributed by atoms with Crippen LogP contribution >= 0.6 is 0 Å². The molecule has 0 saturated heterocycles. The summed E-state index contributed by atoms with van der Waals surface area (Å²) in [6.45, 7) is 10.5. The van der Waals surface area contributed by atoms with Crippen LogP contribution in [-0.4, -0.2) is 0 Å². The lowest BCUT2D eigenvalue weighted by Crippen LogP contribution is -2.11. The average Bonchev–Trinajstić information content (AvgIpc) is 3.51. The van der Waals surface area contributed by atoms with Gasteiger partial charge in [0.2, 0.25) is 0 Å². The van der Waals surface area contributed by atoms with Crippen LogP contribution in [0.5, 0.6) is 0 Å². The second-order valence-electron chi connectivity index (χ2n) is 9.40. The third kappa shape index (κ3) is 2.17. The standard InChI is InChI=1S/C32H24/c1-4-19-16-22-8-6-20-10-12-26(31(29(20)22)25(19)5-2)27-13-11-21-7-9-23-17-24-14-18(3)15-28(24)32(27)30(21)23/h4-5,7,10-17H,1-2,6,8-9H2,3H3. The summed E-state index contributed by atoms with van der Waals surface area (Å²) in [5.41, 5.74) is 12.1. The number of hydrogen-bond acceptors (Lipinski definition) is 0. The van der Waals surface area contributed by atoms with E-state index in [0.29, 0.717) is 0 Å². The van der Waals surface area contributed by atoms with Crippen LogP contribution in [0.3, 0.4) is 0 Å². The first-order valence-electron chi connectivity index (χ1n) is 11.5. The Morgan fingerprint density at radius 3 is 2.41 bits per heavy atom. The Kier molecular flexibility index (Phi) is 3.49. The number of fused-ring (bicyclic) bond motifs is 2. The molecule has 0 unspecified atom stereocenters. The van der Waals surface area contributed by atoms with E-state index in [0.717, 1.165) is 19.3 Å². The quantitative estimate of drug-likeness (QED) is 0.359. The Morgan fingerprint density at radius 1 is 0.750 bits per heavy atom. The molecule has 0 heterocycles. The maximum Gasteiger partial charge on any atom is -0.00177 e. The molecule has 0 radical (unpaired) electrons. The van der Waals surface area contributed by atoms with E-state index in [2.05, 4.69) is 74.7 Å². The summed E-state index contributed by atoms with van der Waals surface area (Å²) in [7, 11) is 0. The molecule has 0 N–H and O–H groups in total. The zero-order chi connectivity index (χ0) is 21.6. The Bertz CT molecular complexity index is 1720. The average molecular weight is 409 g/mol. The second-order valence-corrected chi connectivity index (χ2v) is 9.40. The van der Waals surface area contributed by atoms with Gasteiger partial charge in [-0.1, -0.05) is 79.9 Å². The molecule has 3 aliphatic carbocycles. The molecule has 0 spiro atoms. The summed E-state index contributed by atoms with van der Waals surface area (Å²) in [6, 6.07) is 14.1. The Balaban J connectivity index is 1.71. The normalized spacial score (nSPS) is 15.0. The van der Waals surface area contributed by atoms with Crippen LogP contribution in [0.1, 0.15) is 40.3 Å². The van der Waals surface area contributed by atoms with Gasteiger partial charge in [-0.25, -0.2) is 0 Å². The van der Waals surface area contributed by atoms with Gasteiger partial charge in [0.25, 0.3) is 0 Å². The third-order valence-electron chi connectivity index (χ3n) is 7.67. The number of rotatable bonds is 3. The summed E-state index contributed by atoms with van der Waals surface area (Å²) < 4.78 is 0. The zero-order valence-corrected chi connectivity index (χ0v) is 18.4. The molecular weight excluding hydrogens is 384 g/mol. The summed E-state index contributed by atoms with van der Waals surface area (Å²) in [6.07, 6.45) is 14.3. The molecule has 0 aromatic heterocycles. The lowest BCUT2D eigenvalue weighted by atomic mass is 9.86. The van der Waals surface area contributed by atoms with Gasteiger partial charge >= 0.3 is 0 Å². The van der Waals surface area contributed by atoms with Crippen LogP contribution < -0.4 is 10.4 Å². The van der Waals surface area contributed by atoms with E-state index in [1.54, 1.807) is 0 Å². The SMILES string of the molecule is C=Cc1cc2c3c(ccc(-c4ccc5c6c(cc7c(c46)=CC(C)=C7)CC=5)c3c1C=C)CC2. The first-order valence-corrected chi connectivity index (χ1v) is 11.5. The minimum Gasteiger partial charge on any atom is -0.0984 e. The monoisotopic (exact) mass is 408 g/mol. The van der Waals surface area contributed by atoms with Crippen molar-refractivity contribution in [2.75, 3.05) is 0 Å². The van der Waals surface area contributed by atoms with Gasteiger partial charge in [-0.15, -0.1) is 0 Å². The molecule has 0 bridgehead atoms. The first kappa shape index (κ1) is 18.0. The first-order chi connectivity index (χ1) is 15.7. The van der Waals surface area contributed by atoms with Crippen LogP contribution in [0.4, 0.5) is 0 Å². The minimum absolute atomic E-state index is 1.03. The topological polar surface area (TPSA) is 0 Å². The van der Waals surface area contributed by atoms with Crippen molar-refractivity contribution in [2.45, 2.75) is 26.2 Å². The van der Waals surface area contributed by atoms with Crippen molar-refractivity contribution in [1.82, 2.24) is 0 Å². The summed E-state index contributed by atoms with van der Waals surface area (Å²) in [4.78, 5) is 0. The van der Waals surface area contributed by atoms with Crippen LogP contribution in [-0.2, 0) is 19.3 Å². The molecule has 32 heavy (non-hydrogen) atoms. The molecule has 152 valence electrons. The van der Waals surface area contributed by atoms with Crippen LogP contribution in [0, 0.1) is 0 Å². The van der Waals surface area contributed by atoms with Crippen molar-refractivity contribution in [3.8, 4) is 11.1 Å². The predicted molar refractivity (Wildman–Crippen MR) is 140 cm³/mol. The maximum absolute atomic E-state index is 4.21. The van der Waals surface area contributed by atoms with Crippen molar-refractivity contribution in [2.24, 2.45) is 0 Å². The number of hydrogen-bond donors (Lipinski definition) is 0. The van der Waals surface area contributed by atoms with E-state index in [1.165, 1.54) is 82.1 Å². The molecular formula is C32H24. The largest absolute Gasteiger partial charge is 0.0984 e. The fraction of sp³-hybridized carbons (Fsp3) is 0.125. The Morgan fingerprint density at radius 2 is 1.56 bits per heavy atom. The van der Waals surface area contributed by atoms with Gasteiger partial charge in [0, 0.05) is 0 Å². The summed E-state index contributed by atoms with van der Waals surface area (Å²) >= 11 is 0. The lowest BCUT2D eigenvalue weighted by molar-refractivity contribution is 1.02. The van der Waals surface area contributed by atoms with Gasteiger partial charge in [0.1, 0.15) is 0 Å². The lowest BCUT2D eigenvalue weighted by Gasteiger charge is -2.17. The summed E-state index contributed by atoms with van der Waals surface area (Å²) in [5, 5.41) is 8.38. The third-order valence-corrected chi connectivity index (χ3v) is 7.67. The molecule has 0 atom stereocenters. The highest BCUT2D eigenvalue weighted by Gasteiger charge is 2.23. The van der Waals surface area contributed by atoms with Crippen molar-refractivity contribution >= 4 is 51.9 Å². The van der Waals surface area contributed by atoms with Crippen molar-refractivity contribution in [3.63, 3.8) is 0 Å².